The van der Waals surface area contributed by atoms with Crippen LogP contribution in [0, 0.1) is 0 Å². The fourth-order valence-corrected chi connectivity index (χ4v) is 2.61. The lowest BCUT2D eigenvalue weighted by molar-refractivity contribution is 1.09. The van der Waals surface area contributed by atoms with Crippen LogP contribution in [0.5, 0.6) is 0 Å². The molecule has 0 amide bonds. The standard InChI is InChI=1S/C14H6Cl2N4/c15-7-4-5-9-11(6-7)18-14-13(17-9)12-8(16)2-1-3-10(12)19-20-14/h1-6H. The van der Waals surface area contributed by atoms with Crippen LogP contribution in [0.3, 0.4) is 0 Å². The summed E-state index contributed by atoms with van der Waals surface area (Å²) < 4.78 is 0. The molecule has 0 fully saturated rings. The van der Waals surface area contributed by atoms with Crippen molar-refractivity contribution in [3.63, 3.8) is 0 Å². The van der Waals surface area contributed by atoms with E-state index in [1.54, 1.807) is 18.2 Å². The molecule has 0 unspecified atom stereocenters. The van der Waals surface area contributed by atoms with Crippen molar-refractivity contribution in [2.75, 3.05) is 0 Å². The highest BCUT2D eigenvalue weighted by Gasteiger charge is 2.10. The lowest BCUT2D eigenvalue weighted by atomic mass is 10.2. The molecule has 20 heavy (non-hydrogen) atoms. The van der Waals surface area contributed by atoms with Gasteiger partial charge in [-0.25, -0.2) is 9.97 Å². The van der Waals surface area contributed by atoms with Crippen LogP contribution in [-0.2, 0) is 0 Å². The zero-order chi connectivity index (χ0) is 13.7. The quantitative estimate of drug-likeness (QED) is 0.363. The molecule has 0 aliphatic heterocycles. The molecular formula is C14H6Cl2N4. The Hall–Kier alpha value is -2.04. The molecule has 4 nitrogen and oxygen atoms in total. The molecule has 0 saturated carbocycles. The number of fused-ring (bicyclic) bond motifs is 4. The largest absolute Gasteiger partial charge is 0.242 e. The fourth-order valence-electron chi connectivity index (χ4n) is 2.19. The molecule has 96 valence electrons. The molecule has 4 rings (SSSR count). The number of hydrogen-bond donors (Lipinski definition) is 0. The predicted octanol–water partition coefficient (Wildman–Crippen LogP) is 4.03. The number of nitrogens with zero attached hydrogens (tertiary/aromatic N) is 4. The second-order valence-electron chi connectivity index (χ2n) is 4.36. The second-order valence-corrected chi connectivity index (χ2v) is 5.21. The summed E-state index contributed by atoms with van der Waals surface area (Å²) >= 11 is 12.2. The minimum absolute atomic E-state index is 0.459. The van der Waals surface area contributed by atoms with Crippen LogP contribution in [0.1, 0.15) is 0 Å². The van der Waals surface area contributed by atoms with Crippen molar-refractivity contribution in [1.29, 1.82) is 0 Å². The number of benzene rings is 2. The van der Waals surface area contributed by atoms with Gasteiger partial charge in [-0.05, 0) is 30.3 Å². The highest BCUT2D eigenvalue weighted by atomic mass is 35.5. The van der Waals surface area contributed by atoms with E-state index in [2.05, 4.69) is 20.2 Å². The van der Waals surface area contributed by atoms with Gasteiger partial charge in [0.2, 0.25) is 5.65 Å². The van der Waals surface area contributed by atoms with Gasteiger partial charge in [-0.3, -0.25) is 0 Å². The van der Waals surface area contributed by atoms with Crippen LogP contribution in [-0.4, -0.2) is 20.2 Å². The molecule has 0 spiro atoms. The Bertz CT molecular complexity index is 985. The van der Waals surface area contributed by atoms with Crippen molar-refractivity contribution in [3.05, 3.63) is 46.4 Å². The maximum atomic E-state index is 6.26. The van der Waals surface area contributed by atoms with Crippen LogP contribution >= 0.6 is 23.2 Å². The van der Waals surface area contributed by atoms with E-state index >= 15 is 0 Å². The summed E-state index contributed by atoms with van der Waals surface area (Å²) in [6, 6.07) is 10.8. The first-order valence-corrected chi connectivity index (χ1v) is 6.66. The van der Waals surface area contributed by atoms with Gasteiger partial charge in [-0.15, -0.1) is 10.2 Å². The Morgan fingerprint density at radius 1 is 0.800 bits per heavy atom. The van der Waals surface area contributed by atoms with E-state index in [-0.39, 0.29) is 0 Å². The summed E-state index contributed by atoms with van der Waals surface area (Å²) in [6.45, 7) is 0. The van der Waals surface area contributed by atoms with Crippen LogP contribution < -0.4 is 0 Å². The average molecular weight is 301 g/mol. The molecule has 2 aromatic carbocycles. The maximum Gasteiger partial charge on any atom is 0.201 e. The SMILES string of the molecule is Clc1ccc2nc3c(nnc4cccc(Cl)c43)nc2c1. The molecule has 6 heteroatoms. The van der Waals surface area contributed by atoms with Gasteiger partial charge in [0, 0.05) is 5.02 Å². The molecule has 0 saturated heterocycles. The third-order valence-electron chi connectivity index (χ3n) is 3.09. The molecule has 4 aromatic rings. The van der Waals surface area contributed by atoms with Gasteiger partial charge in [-0.2, -0.15) is 0 Å². The van der Waals surface area contributed by atoms with Crippen molar-refractivity contribution in [3.8, 4) is 0 Å². The minimum atomic E-state index is 0.459. The first-order chi connectivity index (χ1) is 9.72. The van der Waals surface area contributed by atoms with Crippen molar-refractivity contribution in [2.24, 2.45) is 0 Å². The normalized spacial score (nSPS) is 11.5. The Morgan fingerprint density at radius 3 is 2.60 bits per heavy atom. The van der Waals surface area contributed by atoms with E-state index in [1.807, 2.05) is 18.2 Å². The Balaban J connectivity index is 2.24. The van der Waals surface area contributed by atoms with Gasteiger partial charge in [0.05, 0.1) is 27.0 Å². The van der Waals surface area contributed by atoms with Crippen molar-refractivity contribution in [2.45, 2.75) is 0 Å². The predicted molar refractivity (Wildman–Crippen MR) is 80.2 cm³/mol. The smallest absolute Gasteiger partial charge is 0.201 e. The van der Waals surface area contributed by atoms with E-state index in [1.165, 1.54) is 0 Å². The molecule has 2 aromatic heterocycles. The Labute approximate surface area is 123 Å². The monoisotopic (exact) mass is 300 g/mol. The maximum absolute atomic E-state index is 6.26. The van der Waals surface area contributed by atoms with Crippen LogP contribution in [0.4, 0.5) is 0 Å². The summed E-state index contributed by atoms with van der Waals surface area (Å²) in [7, 11) is 0. The highest BCUT2D eigenvalue weighted by Crippen LogP contribution is 2.28. The number of aromatic nitrogens is 4. The molecule has 2 heterocycles. The Morgan fingerprint density at radius 2 is 1.70 bits per heavy atom. The van der Waals surface area contributed by atoms with Crippen LogP contribution in [0.25, 0.3) is 33.1 Å². The number of rotatable bonds is 0. The minimum Gasteiger partial charge on any atom is -0.242 e. The molecule has 0 aliphatic rings. The molecule has 0 bridgehead atoms. The first-order valence-electron chi connectivity index (χ1n) is 5.90. The van der Waals surface area contributed by atoms with Crippen molar-refractivity contribution >= 4 is 56.3 Å². The molecule has 0 atom stereocenters. The van der Waals surface area contributed by atoms with Crippen molar-refractivity contribution in [1.82, 2.24) is 20.2 Å². The summed E-state index contributed by atoms with van der Waals surface area (Å²) in [5, 5.41) is 10.2. The van der Waals surface area contributed by atoms with Crippen LogP contribution in [0.2, 0.25) is 10.0 Å². The summed E-state index contributed by atoms with van der Waals surface area (Å²) in [4.78, 5) is 9.05. The molecule has 0 radical (unpaired) electrons. The second kappa shape index (κ2) is 4.23. The molecule has 0 aliphatic carbocycles. The summed E-state index contributed by atoms with van der Waals surface area (Å²) in [5.41, 5.74) is 3.24. The van der Waals surface area contributed by atoms with Gasteiger partial charge < -0.3 is 0 Å². The van der Waals surface area contributed by atoms with E-state index in [0.29, 0.717) is 32.2 Å². The third-order valence-corrected chi connectivity index (χ3v) is 3.64. The fraction of sp³-hybridized carbons (Fsp3) is 0. The summed E-state index contributed by atoms with van der Waals surface area (Å²) in [5.74, 6) is 0. The van der Waals surface area contributed by atoms with Gasteiger partial charge in [0.1, 0.15) is 5.52 Å². The Kier molecular flexibility index (Phi) is 2.49. The first kappa shape index (κ1) is 11.8. The van der Waals surface area contributed by atoms with Gasteiger partial charge in [0.15, 0.2) is 0 Å². The lowest BCUT2D eigenvalue weighted by Crippen LogP contribution is -1.94. The molecule has 0 N–H and O–H groups in total. The highest BCUT2D eigenvalue weighted by molar-refractivity contribution is 6.37. The van der Waals surface area contributed by atoms with Gasteiger partial charge >= 0.3 is 0 Å². The van der Waals surface area contributed by atoms with E-state index in [4.69, 9.17) is 23.2 Å². The zero-order valence-electron chi connectivity index (χ0n) is 10.0. The molecular weight excluding hydrogens is 295 g/mol. The average Bonchev–Trinajstić information content (AvgIpc) is 2.45. The number of halogens is 2. The third kappa shape index (κ3) is 1.69. The number of hydrogen-bond acceptors (Lipinski definition) is 4. The van der Waals surface area contributed by atoms with E-state index in [9.17, 15) is 0 Å². The van der Waals surface area contributed by atoms with Gasteiger partial charge in [0.25, 0.3) is 0 Å². The van der Waals surface area contributed by atoms with Crippen molar-refractivity contribution < 1.29 is 0 Å². The van der Waals surface area contributed by atoms with Crippen LogP contribution in [0.15, 0.2) is 36.4 Å². The summed E-state index contributed by atoms with van der Waals surface area (Å²) in [6.07, 6.45) is 0. The zero-order valence-corrected chi connectivity index (χ0v) is 11.5. The topological polar surface area (TPSA) is 51.6 Å². The van der Waals surface area contributed by atoms with E-state index < -0.39 is 0 Å². The van der Waals surface area contributed by atoms with E-state index in [0.717, 1.165) is 10.9 Å². The lowest BCUT2D eigenvalue weighted by Gasteiger charge is -2.04. The van der Waals surface area contributed by atoms with Gasteiger partial charge in [-0.1, -0.05) is 29.3 Å².